The third-order valence-corrected chi connectivity index (χ3v) is 6.78. The van der Waals surface area contributed by atoms with Crippen LogP contribution < -0.4 is 0 Å². The molecule has 0 bridgehead atoms. The van der Waals surface area contributed by atoms with Crippen molar-refractivity contribution in [2.75, 3.05) is 0 Å². The monoisotopic (exact) mass is 390 g/mol. The van der Waals surface area contributed by atoms with Gasteiger partial charge < -0.3 is 9.53 Å². The second kappa shape index (κ2) is 9.33. The summed E-state index contributed by atoms with van der Waals surface area (Å²) in [6.45, 7) is 7.06. The van der Waals surface area contributed by atoms with Crippen molar-refractivity contribution in [1.29, 1.82) is 0 Å². The Balaban J connectivity index is 1.76. The van der Waals surface area contributed by atoms with Crippen molar-refractivity contribution < 1.29 is 9.53 Å². The second-order valence-electron chi connectivity index (χ2n) is 8.16. The van der Waals surface area contributed by atoms with Crippen LogP contribution in [0.25, 0.3) is 0 Å². The summed E-state index contributed by atoms with van der Waals surface area (Å²) in [5.74, 6) is 0.311. The Morgan fingerprint density at radius 1 is 0.821 bits per heavy atom. The number of aliphatic hydroxyl groups excluding tert-OH is 1. The van der Waals surface area contributed by atoms with E-state index in [1.54, 1.807) is 6.92 Å². The molecule has 1 atom stereocenters. The molecule has 3 aromatic carbocycles. The Morgan fingerprint density at radius 2 is 1.36 bits per heavy atom. The molecule has 1 N–H and O–H groups in total. The van der Waals surface area contributed by atoms with Gasteiger partial charge in [0.1, 0.15) is 0 Å². The molecule has 28 heavy (non-hydrogen) atoms. The molecule has 0 heterocycles. The molecule has 0 aliphatic rings. The van der Waals surface area contributed by atoms with Gasteiger partial charge >= 0.3 is 0 Å². The maximum atomic E-state index is 9.80. The first-order chi connectivity index (χ1) is 13.5. The van der Waals surface area contributed by atoms with Crippen LogP contribution in [0.3, 0.4) is 0 Å². The summed E-state index contributed by atoms with van der Waals surface area (Å²) in [6.07, 6.45) is -0.450. The van der Waals surface area contributed by atoms with Crippen molar-refractivity contribution in [2.45, 2.75) is 44.4 Å². The SMILES string of the molecule is CC(O)c1cccc(CO[SiH2]C(C)(C)C(c2ccccc2)c2ccccc2)c1. The Bertz CT molecular complexity index is 820. The van der Waals surface area contributed by atoms with Gasteiger partial charge in [-0.2, -0.15) is 0 Å². The molecule has 0 aliphatic heterocycles. The van der Waals surface area contributed by atoms with Gasteiger partial charge in [0.2, 0.25) is 0 Å². The lowest BCUT2D eigenvalue weighted by molar-refractivity contribution is 0.199. The maximum absolute atomic E-state index is 9.80. The number of benzene rings is 3. The first-order valence-corrected chi connectivity index (χ1v) is 11.2. The van der Waals surface area contributed by atoms with Gasteiger partial charge in [-0.3, -0.25) is 0 Å². The molecule has 1 unspecified atom stereocenters. The lowest BCUT2D eigenvalue weighted by atomic mass is 9.82. The molecule has 146 valence electrons. The highest BCUT2D eigenvalue weighted by Crippen LogP contribution is 2.45. The van der Waals surface area contributed by atoms with Crippen LogP contribution in [0.2, 0.25) is 5.04 Å². The molecule has 0 fully saturated rings. The molecule has 0 spiro atoms. The van der Waals surface area contributed by atoms with E-state index in [1.807, 2.05) is 18.2 Å². The van der Waals surface area contributed by atoms with E-state index in [2.05, 4.69) is 80.6 Å². The molecular weight excluding hydrogens is 360 g/mol. The fourth-order valence-corrected chi connectivity index (χ4v) is 5.35. The maximum Gasteiger partial charge on any atom is 0.168 e. The summed E-state index contributed by atoms with van der Waals surface area (Å²) in [4.78, 5) is 0. The van der Waals surface area contributed by atoms with E-state index in [-0.39, 0.29) is 5.04 Å². The Kier molecular flexibility index (Phi) is 6.84. The minimum absolute atomic E-state index is 0.0601. The van der Waals surface area contributed by atoms with E-state index in [1.165, 1.54) is 11.1 Å². The van der Waals surface area contributed by atoms with Crippen molar-refractivity contribution in [3.63, 3.8) is 0 Å². The molecule has 0 saturated carbocycles. The van der Waals surface area contributed by atoms with Crippen LogP contribution in [0.4, 0.5) is 0 Å². The van der Waals surface area contributed by atoms with Gasteiger partial charge in [0.05, 0.1) is 12.7 Å². The Labute approximate surface area is 171 Å². The smallest absolute Gasteiger partial charge is 0.168 e. The highest BCUT2D eigenvalue weighted by Gasteiger charge is 2.33. The minimum atomic E-state index is -0.834. The van der Waals surface area contributed by atoms with Crippen LogP contribution in [0, 0.1) is 0 Å². The summed E-state index contributed by atoms with van der Waals surface area (Å²) in [7, 11) is -0.834. The van der Waals surface area contributed by atoms with Gasteiger partial charge in [0.25, 0.3) is 0 Å². The van der Waals surface area contributed by atoms with Gasteiger partial charge in [0, 0.05) is 5.92 Å². The van der Waals surface area contributed by atoms with Crippen molar-refractivity contribution in [2.24, 2.45) is 0 Å². The fraction of sp³-hybridized carbons (Fsp3) is 0.280. The van der Waals surface area contributed by atoms with Crippen LogP contribution in [-0.4, -0.2) is 14.9 Å². The average Bonchev–Trinajstić information content (AvgIpc) is 2.69. The van der Waals surface area contributed by atoms with Crippen LogP contribution in [0.1, 0.15) is 55.0 Å². The largest absolute Gasteiger partial charge is 0.419 e. The quantitative estimate of drug-likeness (QED) is 0.524. The van der Waals surface area contributed by atoms with E-state index in [9.17, 15) is 5.11 Å². The number of hydrogen-bond acceptors (Lipinski definition) is 2. The van der Waals surface area contributed by atoms with Crippen molar-refractivity contribution in [1.82, 2.24) is 0 Å². The molecule has 2 nitrogen and oxygen atoms in total. The molecule has 3 heteroatoms. The van der Waals surface area contributed by atoms with Crippen molar-refractivity contribution in [3.8, 4) is 0 Å². The standard InChI is InChI=1S/C25H30O2Si/c1-19(26)23-16-10-11-20(17-23)18-27-28-25(2,3)24(21-12-6-4-7-13-21)22-14-8-5-9-15-22/h4-17,19,24,26H,18,28H2,1-3H3. The molecule has 0 amide bonds. The number of hydrogen-bond donors (Lipinski definition) is 1. The molecule has 0 aliphatic carbocycles. The lowest BCUT2D eigenvalue weighted by Crippen LogP contribution is -2.25. The normalized spacial score (nSPS) is 13.3. The summed E-state index contributed by atoms with van der Waals surface area (Å²) >= 11 is 0. The van der Waals surface area contributed by atoms with Crippen LogP contribution in [-0.2, 0) is 11.0 Å². The zero-order chi connectivity index (χ0) is 20.0. The zero-order valence-corrected chi connectivity index (χ0v) is 18.4. The molecule has 3 aromatic rings. The van der Waals surface area contributed by atoms with Gasteiger partial charge in [-0.05, 0) is 34.2 Å². The van der Waals surface area contributed by atoms with Crippen LogP contribution in [0.5, 0.6) is 0 Å². The Hall–Kier alpha value is -2.20. The fourth-order valence-electron chi connectivity index (χ4n) is 3.84. The zero-order valence-electron chi connectivity index (χ0n) is 17.0. The van der Waals surface area contributed by atoms with Gasteiger partial charge in [-0.1, -0.05) is 98.8 Å². The first-order valence-electron chi connectivity index (χ1n) is 9.92. The van der Waals surface area contributed by atoms with Crippen molar-refractivity contribution in [3.05, 3.63) is 107 Å². The van der Waals surface area contributed by atoms with Crippen LogP contribution >= 0.6 is 0 Å². The van der Waals surface area contributed by atoms with E-state index >= 15 is 0 Å². The minimum Gasteiger partial charge on any atom is -0.419 e. The van der Waals surface area contributed by atoms with Gasteiger partial charge in [0.15, 0.2) is 9.76 Å². The molecule has 0 radical (unpaired) electrons. The summed E-state index contributed by atoms with van der Waals surface area (Å²) in [5, 5.41) is 9.86. The van der Waals surface area contributed by atoms with E-state index in [0.29, 0.717) is 12.5 Å². The molecule has 3 rings (SSSR count). The van der Waals surface area contributed by atoms with Gasteiger partial charge in [-0.15, -0.1) is 0 Å². The third kappa shape index (κ3) is 5.19. The van der Waals surface area contributed by atoms with E-state index < -0.39 is 15.9 Å². The number of rotatable bonds is 8. The molecule has 0 saturated heterocycles. The third-order valence-electron chi connectivity index (χ3n) is 5.22. The molecular formula is C25H30O2Si. The van der Waals surface area contributed by atoms with E-state index in [0.717, 1.165) is 11.1 Å². The highest BCUT2D eigenvalue weighted by molar-refractivity contribution is 6.32. The predicted molar refractivity (Wildman–Crippen MR) is 119 cm³/mol. The summed E-state index contributed by atoms with van der Waals surface area (Å²) in [5.41, 5.74) is 4.74. The summed E-state index contributed by atoms with van der Waals surface area (Å²) < 4.78 is 6.30. The second-order valence-corrected chi connectivity index (χ2v) is 10.7. The lowest BCUT2D eigenvalue weighted by Gasteiger charge is -2.34. The average molecular weight is 391 g/mol. The van der Waals surface area contributed by atoms with Crippen LogP contribution in [0.15, 0.2) is 84.9 Å². The highest BCUT2D eigenvalue weighted by atomic mass is 28.2. The summed E-state index contributed by atoms with van der Waals surface area (Å²) in [6, 6.07) is 29.5. The first kappa shape index (κ1) is 20.5. The Morgan fingerprint density at radius 3 is 1.89 bits per heavy atom. The molecule has 0 aromatic heterocycles. The topological polar surface area (TPSA) is 29.5 Å². The van der Waals surface area contributed by atoms with Gasteiger partial charge in [-0.25, -0.2) is 0 Å². The van der Waals surface area contributed by atoms with Crippen molar-refractivity contribution >= 4 is 9.76 Å². The predicted octanol–water partition coefficient (Wildman–Crippen LogP) is 5.37. The number of aliphatic hydroxyl groups is 1. The van der Waals surface area contributed by atoms with E-state index in [4.69, 9.17) is 4.43 Å².